The zero-order chi connectivity index (χ0) is 16.9. The van der Waals surface area contributed by atoms with Crippen molar-refractivity contribution in [2.45, 2.75) is 84.2 Å². The Kier molecular flexibility index (Phi) is 6.90. The van der Waals surface area contributed by atoms with Crippen LogP contribution in [0.25, 0.3) is 0 Å². The third-order valence-electron chi connectivity index (χ3n) is 5.53. The fourth-order valence-electron chi connectivity index (χ4n) is 4.16. The monoisotopic (exact) mass is 324 g/mol. The van der Waals surface area contributed by atoms with Gasteiger partial charge in [0.25, 0.3) is 0 Å². The molecule has 0 radical (unpaired) electrons. The van der Waals surface area contributed by atoms with Crippen LogP contribution in [0.1, 0.15) is 72.1 Å². The van der Waals surface area contributed by atoms with Crippen molar-refractivity contribution in [2.75, 3.05) is 19.7 Å². The summed E-state index contributed by atoms with van der Waals surface area (Å²) in [5.74, 6) is 1.00. The van der Waals surface area contributed by atoms with Crippen LogP contribution in [0.3, 0.4) is 0 Å². The number of nitrogens with zero attached hydrogens (tertiary/aromatic N) is 1. The van der Waals surface area contributed by atoms with Gasteiger partial charge in [-0.15, -0.1) is 0 Å². The van der Waals surface area contributed by atoms with E-state index in [-0.39, 0.29) is 17.9 Å². The largest absolute Gasteiger partial charge is 0.396 e. The first-order valence-electron chi connectivity index (χ1n) is 9.58. The van der Waals surface area contributed by atoms with Gasteiger partial charge in [0, 0.05) is 37.2 Å². The van der Waals surface area contributed by atoms with Crippen molar-refractivity contribution in [3.8, 4) is 0 Å². The van der Waals surface area contributed by atoms with Crippen molar-refractivity contribution in [3.63, 3.8) is 0 Å². The quantitative estimate of drug-likeness (QED) is 0.817. The van der Waals surface area contributed by atoms with Crippen LogP contribution in [-0.4, -0.2) is 47.7 Å². The third-order valence-corrected chi connectivity index (χ3v) is 5.53. The van der Waals surface area contributed by atoms with Crippen molar-refractivity contribution in [2.24, 2.45) is 11.3 Å². The molecular formula is C19H36N2O2. The second-order valence-corrected chi connectivity index (χ2v) is 8.50. The summed E-state index contributed by atoms with van der Waals surface area (Å²) < 4.78 is 0. The van der Waals surface area contributed by atoms with Crippen molar-refractivity contribution >= 4 is 5.91 Å². The summed E-state index contributed by atoms with van der Waals surface area (Å²) in [4.78, 5) is 14.4. The van der Waals surface area contributed by atoms with E-state index in [2.05, 4.69) is 5.32 Å². The Morgan fingerprint density at radius 3 is 2.26 bits per heavy atom. The molecule has 1 aliphatic heterocycles. The van der Waals surface area contributed by atoms with Gasteiger partial charge in [-0.05, 0) is 38.0 Å². The lowest BCUT2D eigenvalue weighted by molar-refractivity contribution is -0.140. The molecule has 1 aliphatic carbocycles. The van der Waals surface area contributed by atoms with E-state index in [1.165, 1.54) is 32.1 Å². The number of amides is 1. The molecular weight excluding hydrogens is 288 g/mol. The number of nitrogens with one attached hydrogen (secondary N) is 1. The molecule has 1 heterocycles. The molecule has 1 atom stereocenters. The van der Waals surface area contributed by atoms with Crippen LogP contribution in [-0.2, 0) is 4.79 Å². The number of carbonyl (C=O) groups is 1. The smallest absolute Gasteiger partial charge is 0.227 e. The number of piperidine rings is 1. The van der Waals surface area contributed by atoms with E-state index in [0.717, 1.165) is 38.3 Å². The zero-order valence-electron chi connectivity index (χ0n) is 15.3. The van der Waals surface area contributed by atoms with Crippen molar-refractivity contribution in [1.29, 1.82) is 0 Å². The molecule has 0 aromatic carbocycles. The molecule has 23 heavy (non-hydrogen) atoms. The Bertz CT molecular complexity index is 364. The Labute approximate surface area is 142 Å². The summed E-state index contributed by atoms with van der Waals surface area (Å²) in [7, 11) is 0. The molecule has 0 unspecified atom stereocenters. The maximum absolute atomic E-state index is 12.4. The van der Waals surface area contributed by atoms with Gasteiger partial charge in [0.1, 0.15) is 0 Å². The SMILES string of the molecule is CC(C)(C)C(=O)N1CCC(N[C@H](CCO)C2CCCCC2)CC1. The first kappa shape index (κ1) is 18.7. The molecule has 1 saturated heterocycles. The fraction of sp³-hybridized carbons (Fsp3) is 0.947. The van der Waals surface area contributed by atoms with Crippen LogP contribution in [0.4, 0.5) is 0 Å². The maximum Gasteiger partial charge on any atom is 0.227 e. The van der Waals surface area contributed by atoms with Gasteiger partial charge < -0.3 is 15.3 Å². The van der Waals surface area contributed by atoms with Gasteiger partial charge in [-0.25, -0.2) is 0 Å². The highest BCUT2D eigenvalue weighted by Crippen LogP contribution is 2.29. The summed E-state index contributed by atoms with van der Waals surface area (Å²) in [5.41, 5.74) is -0.276. The Morgan fingerprint density at radius 1 is 1.13 bits per heavy atom. The molecule has 4 nitrogen and oxygen atoms in total. The molecule has 0 aromatic heterocycles. The number of carbonyl (C=O) groups excluding carboxylic acids is 1. The minimum Gasteiger partial charge on any atom is -0.396 e. The third kappa shape index (κ3) is 5.46. The Balaban J connectivity index is 1.82. The van der Waals surface area contributed by atoms with E-state index >= 15 is 0 Å². The van der Waals surface area contributed by atoms with Gasteiger partial charge in [0.2, 0.25) is 5.91 Å². The number of hydrogen-bond acceptors (Lipinski definition) is 3. The summed E-state index contributed by atoms with van der Waals surface area (Å²) >= 11 is 0. The molecule has 2 aliphatic rings. The predicted molar refractivity (Wildman–Crippen MR) is 94.3 cm³/mol. The highest BCUT2D eigenvalue weighted by molar-refractivity contribution is 5.81. The fourth-order valence-corrected chi connectivity index (χ4v) is 4.16. The van der Waals surface area contributed by atoms with Crippen molar-refractivity contribution in [3.05, 3.63) is 0 Å². The highest BCUT2D eigenvalue weighted by atomic mass is 16.3. The second-order valence-electron chi connectivity index (χ2n) is 8.50. The molecule has 0 spiro atoms. The lowest BCUT2D eigenvalue weighted by Crippen LogP contribution is -2.51. The lowest BCUT2D eigenvalue weighted by Gasteiger charge is -2.39. The number of likely N-dealkylation sites (tertiary alicyclic amines) is 1. The van der Waals surface area contributed by atoms with Crippen molar-refractivity contribution in [1.82, 2.24) is 10.2 Å². The predicted octanol–water partition coefficient (Wildman–Crippen LogP) is 2.94. The summed E-state index contributed by atoms with van der Waals surface area (Å²) in [5, 5.41) is 13.2. The minimum absolute atomic E-state index is 0.273. The van der Waals surface area contributed by atoms with Crippen LogP contribution >= 0.6 is 0 Å². The van der Waals surface area contributed by atoms with E-state index in [9.17, 15) is 9.90 Å². The van der Waals surface area contributed by atoms with Crippen molar-refractivity contribution < 1.29 is 9.90 Å². The normalized spacial score (nSPS) is 23.0. The number of hydrogen-bond donors (Lipinski definition) is 2. The molecule has 1 amide bonds. The summed E-state index contributed by atoms with van der Waals surface area (Å²) in [6, 6.07) is 0.952. The zero-order valence-corrected chi connectivity index (χ0v) is 15.3. The van der Waals surface area contributed by atoms with Crippen LogP contribution in [0.15, 0.2) is 0 Å². The van der Waals surface area contributed by atoms with Gasteiger partial charge >= 0.3 is 0 Å². The molecule has 0 aromatic rings. The van der Waals surface area contributed by atoms with E-state index < -0.39 is 0 Å². The first-order chi connectivity index (χ1) is 10.9. The van der Waals surface area contributed by atoms with Crippen LogP contribution in [0.2, 0.25) is 0 Å². The molecule has 2 rings (SSSR count). The number of aliphatic hydroxyl groups excluding tert-OH is 1. The molecule has 134 valence electrons. The highest BCUT2D eigenvalue weighted by Gasteiger charge is 2.32. The molecule has 4 heteroatoms. The Morgan fingerprint density at radius 2 is 1.74 bits per heavy atom. The van der Waals surface area contributed by atoms with Gasteiger partial charge in [0.05, 0.1) is 0 Å². The van der Waals surface area contributed by atoms with Gasteiger partial charge in [-0.1, -0.05) is 40.0 Å². The van der Waals surface area contributed by atoms with E-state index in [1.54, 1.807) is 0 Å². The maximum atomic E-state index is 12.4. The Hall–Kier alpha value is -0.610. The minimum atomic E-state index is -0.276. The molecule has 0 bridgehead atoms. The average molecular weight is 325 g/mol. The van der Waals surface area contributed by atoms with Gasteiger partial charge in [0.15, 0.2) is 0 Å². The topological polar surface area (TPSA) is 52.6 Å². The van der Waals surface area contributed by atoms with Gasteiger partial charge in [-0.3, -0.25) is 4.79 Å². The standard InChI is InChI=1S/C19H36N2O2/c1-19(2,3)18(23)21-12-9-16(10-13-21)20-17(11-14-22)15-7-5-4-6-8-15/h15-17,20,22H,4-14H2,1-3H3/t17-/m1/s1. The first-order valence-corrected chi connectivity index (χ1v) is 9.58. The van der Waals surface area contributed by atoms with E-state index in [1.807, 2.05) is 25.7 Å². The molecule has 1 saturated carbocycles. The van der Waals surface area contributed by atoms with E-state index in [4.69, 9.17) is 0 Å². The summed E-state index contributed by atoms with van der Waals surface area (Å²) in [6.07, 6.45) is 9.60. The average Bonchev–Trinajstić information content (AvgIpc) is 2.54. The number of aliphatic hydroxyl groups is 1. The summed E-state index contributed by atoms with van der Waals surface area (Å²) in [6.45, 7) is 8.00. The van der Waals surface area contributed by atoms with Crippen LogP contribution in [0.5, 0.6) is 0 Å². The van der Waals surface area contributed by atoms with Crippen LogP contribution in [0, 0.1) is 11.3 Å². The molecule has 2 N–H and O–H groups in total. The lowest BCUT2D eigenvalue weighted by atomic mass is 9.82. The van der Waals surface area contributed by atoms with Gasteiger partial charge in [-0.2, -0.15) is 0 Å². The molecule has 2 fully saturated rings. The number of rotatable bonds is 5. The van der Waals surface area contributed by atoms with E-state index in [0.29, 0.717) is 12.1 Å². The second kappa shape index (κ2) is 8.48. The van der Waals surface area contributed by atoms with Crippen LogP contribution < -0.4 is 5.32 Å².